The largest absolute Gasteiger partial charge is 0.480 e. The van der Waals surface area contributed by atoms with Crippen molar-refractivity contribution in [2.45, 2.75) is 38.1 Å². The Balaban J connectivity index is 2.07. The summed E-state index contributed by atoms with van der Waals surface area (Å²) in [6.45, 7) is 2.05. The lowest BCUT2D eigenvalue weighted by Gasteiger charge is -2.33. The normalized spacial score (nSPS) is 17.2. The summed E-state index contributed by atoms with van der Waals surface area (Å²) in [5, 5.41) is 12.3. The number of thioether (sulfide) groups is 1. The fourth-order valence-electron chi connectivity index (χ4n) is 2.67. The zero-order valence-corrected chi connectivity index (χ0v) is 13.0. The van der Waals surface area contributed by atoms with Crippen LogP contribution in [0, 0.1) is 0 Å². The molecule has 1 fully saturated rings. The van der Waals surface area contributed by atoms with Crippen LogP contribution in [0.15, 0.2) is 24.3 Å². The van der Waals surface area contributed by atoms with E-state index in [2.05, 4.69) is 5.32 Å². The average molecular weight is 307 g/mol. The second-order valence-corrected chi connectivity index (χ2v) is 6.57. The summed E-state index contributed by atoms with van der Waals surface area (Å²) in [5.41, 5.74) is 1.03. The highest BCUT2D eigenvalue weighted by Crippen LogP contribution is 2.27. The first-order valence-corrected chi connectivity index (χ1v) is 8.42. The van der Waals surface area contributed by atoms with Gasteiger partial charge in [-0.05, 0) is 41.9 Å². The molecule has 1 heterocycles. The number of carboxylic acid groups (broad SMARTS) is 1. The van der Waals surface area contributed by atoms with Gasteiger partial charge in [-0.15, -0.1) is 0 Å². The maximum atomic E-state index is 12.3. The van der Waals surface area contributed by atoms with Gasteiger partial charge in [0.2, 0.25) is 5.91 Å². The Morgan fingerprint density at radius 1 is 1.24 bits per heavy atom. The first kappa shape index (κ1) is 15.9. The van der Waals surface area contributed by atoms with Crippen LogP contribution in [-0.2, 0) is 22.4 Å². The van der Waals surface area contributed by atoms with E-state index in [4.69, 9.17) is 0 Å². The van der Waals surface area contributed by atoms with E-state index in [1.54, 1.807) is 11.8 Å². The third-order valence-electron chi connectivity index (χ3n) is 3.98. The minimum absolute atomic E-state index is 0.204. The molecule has 1 aliphatic heterocycles. The Morgan fingerprint density at radius 3 is 2.43 bits per heavy atom. The number of carboxylic acids is 1. The van der Waals surface area contributed by atoms with E-state index in [1.165, 1.54) is 0 Å². The lowest BCUT2D eigenvalue weighted by molar-refractivity contribution is -0.148. The van der Waals surface area contributed by atoms with Crippen LogP contribution in [0.1, 0.15) is 30.9 Å². The topological polar surface area (TPSA) is 66.4 Å². The predicted molar refractivity (Wildman–Crippen MR) is 84.6 cm³/mol. The predicted octanol–water partition coefficient (Wildman–Crippen LogP) is 2.26. The van der Waals surface area contributed by atoms with Crippen LogP contribution in [-0.4, -0.2) is 34.0 Å². The second-order valence-electron chi connectivity index (χ2n) is 5.35. The molecule has 1 amide bonds. The molecule has 0 saturated carbocycles. The van der Waals surface area contributed by atoms with E-state index in [0.29, 0.717) is 12.8 Å². The summed E-state index contributed by atoms with van der Waals surface area (Å²) in [6, 6.07) is 7.80. The monoisotopic (exact) mass is 307 g/mol. The standard InChI is InChI=1S/C16H21NO3S/c1-2-12-5-3-4-6-13(12)11-14(18)17-16(15(19)20)7-9-21-10-8-16/h3-6H,2,7-11H2,1H3,(H,17,18)(H,19,20). The number of nitrogens with one attached hydrogen (secondary N) is 1. The van der Waals surface area contributed by atoms with E-state index < -0.39 is 11.5 Å². The molecule has 1 aliphatic rings. The van der Waals surface area contributed by atoms with E-state index in [1.807, 2.05) is 31.2 Å². The smallest absolute Gasteiger partial charge is 0.329 e. The van der Waals surface area contributed by atoms with Crippen LogP contribution in [0.2, 0.25) is 0 Å². The van der Waals surface area contributed by atoms with Crippen molar-refractivity contribution in [1.82, 2.24) is 5.32 Å². The van der Waals surface area contributed by atoms with Crippen molar-refractivity contribution in [2.75, 3.05) is 11.5 Å². The van der Waals surface area contributed by atoms with Gasteiger partial charge < -0.3 is 10.4 Å². The molecular formula is C16H21NO3S. The van der Waals surface area contributed by atoms with Crippen molar-refractivity contribution < 1.29 is 14.7 Å². The number of aliphatic carboxylic acids is 1. The second kappa shape index (κ2) is 6.98. The molecule has 0 aromatic heterocycles. The van der Waals surface area contributed by atoms with Gasteiger partial charge in [0.1, 0.15) is 5.54 Å². The summed E-state index contributed by atoms with van der Waals surface area (Å²) >= 11 is 1.74. The molecular weight excluding hydrogens is 286 g/mol. The Kier molecular flexibility index (Phi) is 5.28. The number of amides is 1. The summed E-state index contributed by atoms with van der Waals surface area (Å²) in [4.78, 5) is 23.8. The SMILES string of the molecule is CCc1ccccc1CC(=O)NC1(C(=O)O)CCSCC1. The highest BCUT2D eigenvalue weighted by molar-refractivity contribution is 7.99. The summed E-state index contributed by atoms with van der Waals surface area (Å²) in [5.74, 6) is 0.432. The molecule has 2 rings (SSSR count). The number of benzene rings is 1. The molecule has 1 aromatic carbocycles. The van der Waals surface area contributed by atoms with E-state index in [-0.39, 0.29) is 12.3 Å². The lowest BCUT2D eigenvalue weighted by Crippen LogP contribution is -2.56. The third-order valence-corrected chi connectivity index (χ3v) is 4.97. The van der Waals surface area contributed by atoms with Crippen molar-refractivity contribution in [3.8, 4) is 0 Å². The molecule has 0 spiro atoms. The molecule has 0 atom stereocenters. The minimum Gasteiger partial charge on any atom is -0.480 e. The van der Waals surface area contributed by atoms with E-state index in [0.717, 1.165) is 29.1 Å². The van der Waals surface area contributed by atoms with E-state index >= 15 is 0 Å². The lowest BCUT2D eigenvalue weighted by atomic mass is 9.91. The van der Waals surface area contributed by atoms with Crippen LogP contribution < -0.4 is 5.32 Å². The van der Waals surface area contributed by atoms with Crippen LogP contribution >= 0.6 is 11.8 Å². The van der Waals surface area contributed by atoms with Crippen LogP contribution in [0.5, 0.6) is 0 Å². The first-order valence-electron chi connectivity index (χ1n) is 7.26. The molecule has 0 unspecified atom stereocenters. The highest BCUT2D eigenvalue weighted by atomic mass is 32.2. The molecule has 1 saturated heterocycles. The third kappa shape index (κ3) is 3.79. The number of carbonyl (C=O) groups excluding carboxylic acids is 1. The van der Waals surface area contributed by atoms with Crippen LogP contribution in [0.4, 0.5) is 0 Å². The maximum absolute atomic E-state index is 12.3. The Morgan fingerprint density at radius 2 is 1.86 bits per heavy atom. The van der Waals surface area contributed by atoms with Crippen molar-refractivity contribution in [2.24, 2.45) is 0 Å². The molecule has 5 heteroatoms. The van der Waals surface area contributed by atoms with Crippen molar-refractivity contribution in [3.63, 3.8) is 0 Å². The van der Waals surface area contributed by atoms with Gasteiger partial charge >= 0.3 is 5.97 Å². The zero-order chi connectivity index (χ0) is 15.3. The summed E-state index contributed by atoms with van der Waals surface area (Å²) < 4.78 is 0. The van der Waals surface area contributed by atoms with Gasteiger partial charge in [-0.2, -0.15) is 11.8 Å². The Bertz CT molecular complexity index is 524. The van der Waals surface area contributed by atoms with Gasteiger partial charge in [-0.1, -0.05) is 31.2 Å². The number of hydrogen-bond acceptors (Lipinski definition) is 3. The number of aryl methyl sites for hydroxylation is 1. The molecule has 4 nitrogen and oxygen atoms in total. The average Bonchev–Trinajstić information content (AvgIpc) is 2.48. The molecule has 2 N–H and O–H groups in total. The summed E-state index contributed by atoms with van der Waals surface area (Å²) in [6.07, 6.45) is 2.10. The van der Waals surface area contributed by atoms with Crippen molar-refractivity contribution >= 4 is 23.6 Å². The molecule has 0 bridgehead atoms. The van der Waals surface area contributed by atoms with Gasteiger partial charge in [0, 0.05) is 0 Å². The van der Waals surface area contributed by atoms with Gasteiger partial charge in [-0.3, -0.25) is 4.79 Å². The van der Waals surface area contributed by atoms with Gasteiger partial charge in [0.05, 0.1) is 6.42 Å². The van der Waals surface area contributed by atoms with Crippen molar-refractivity contribution in [3.05, 3.63) is 35.4 Å². The first-order chi connectivity index (χ1) is 10.1. The van der Waals surface area contributed by atoms with Crippen LogP contribution in [0.3, 0.4) is 0 Å². The van der Waals surface area contributed by atoms with Gasteiger partial charge in [-0.25, -0.2) is 4.79 Å². The maximum Gasteiger partial charge on any atom is 0.329 e. The van der Waals surface area contributed by atoms with Gasteiger partial charge in [0.25, 0.3) is 0 Å². The molecule has 0 aliphatic carbocycles. The number of carbonyl (C=O) groups is 2. The number of hydrogen-bond donors (Lipinski definition) is 2. The number of rotatable bonds is 5. The van der Waals surface area contributed by atoms with Crippen molar-refractivity contribution in [1.29, 1.82) is 0 Å². The van der Waals surface area contributed by atoms with Crippen LogP contribution in [0.25, 0.3) is 0 Å². The Hall–Kier alpha value is -1.49. The minimum atomic E-state index is -1.08. The molecule has 21 heavy (non-hydrogen) atoms. The fourth-order valence-corrected chi connectivity index (χ4v) is 3.86. The van der Waals surface area contributed by atoms with E-state index in [9.17, 15) is 14.7 Å². The fraction of sp³-hybridized carbons (Fsp3) is 0.500. The molecule has 114 valence electrons. The van der Waals surface area contributed by atoms with Gasteiger partial charge in [0.15, 0.2) is 0 Å². The zero-order valence-electron chi connectivity index (χ0n) is 12.2. The quantitative estimate of drug-likeness (QED) is 0.875. The highest BCUT2D eigenvalue weighted by Gasteiger charge is 2.41. The molecule has 0 radical (unpaired) electrons. The summed E-state index contributed by atoms with van der Waals surface area (Å²) in [7, 11) is 0. The molecule has 1 aromatic rings. The Labute approximate surface area is 129 Å².